The summed E-state index contributed by atoms with van der Waals surface area (Å²) in [5.74, 6) is 0.895. The molecule has 0 aromatic heterocycles. The number of nitrogens with zero attached hydrogens (tertiary/aromatic N) is 1. The van der Waals surface area contributed by atoms with Crippen LogP contribution < -0.4 is 10.6 Å². The Balaban J connectivity index is 0.00000361. The first-order valence-corrected chi connectivity index (χ1v) is 7.38. The highest BCUT2D eigenvalue weighted by Gasteiger charge is 2.33. The van der Waals surface area contributed by atoms with E-state index >= 15 is 0 Å². The normalized spacial score (nSPS) is 17.4. The Kier molecular flexibility index (Phi) is 11.2. The first kappa shape index (κ1) is 19.7. The van der Waals surface area contributed by atoms with Crippen LogP contribution in [0.1, 0.15) is 39.0 Å². The van der Waals surface area contributed by atoms with E-state index in [0.29, 0.717) is 5.41 Å². The van der Waals surface area contributed by atoms with Gasteiger partial charge < -0.3 is 15.4 Å². The highest BCUT2D eigenvalue weighted by atomic mass is 127. The molecular weight excluding hydrogens is 365 g/mol. The minimum Gasteiger partial charge on any atom is -0.385 e. The van der Waals surface area contributed by atoms with Crippen molar-refractivity contribution in [2.45, 2.75) is 39.0 Å². The molecule has 0 aromatic carbocycles. The van der Waals surface area contributed by atoms with Crippen LogP contribution in [-0.2, 0) is 4.74 Å². The van der Waals surface area contributed by atoms with Crippen molar-refractivity contribution in [3.8, 4) is 0 Å². The van der Waals surface area contributed by atoms with Gasteiger partial charge in [0.2, 0.25) is 0 Å². The SMILES string of the molecule is C=CCNC(=NCC1(CCOC)CCCC1)NCC.I. The van der Waals surface area contributed by atoms with Crippen LogP contribution in [0.4, 0.5) is 0 Å². The fourth-order valence-corrected chi connectivity index (χ4v) is 2.69. The Bertz CT molecular complexity index is 289. The van der Waals surface area contributed by atoms with Crippen molar-refractivity contribution in [1.82, 2.24) is 10.6 Å². The van der Waals surface area contributed by atoms with Crippen molar-refractivity contribution in [3.63, 3.8) is 0 Å². The highest BCUT2D eigenvalue weighted by Crippen LogP contribution is 2.41. The van der Waals surface area contributed by atoms with Gasteiger partial charge in [-0.1, -0.05) is 18.9 Å². The van der Waals surface area contributed by atoms with Crippen LogP contribution in [0.15, 0.2) is 17.6 Å². The van der Waals surface area contributed by atoms with E-state index in [1.165, 1.54) is 25.7 Å². The van der Waals surface area contributed by atoms with E-state index in [1.807, 2.05) is 6.08 Å². The van der Waals surface area contributed by atoms with E-state index in [4.69, 9.17) is 9.73 Å². The summed E-state index contributed by atoms with van der Waals surface area (Å²) in [5, 5.41) is 6.53. The monoisotopic (exact) mass is 395 g/mol. The predicted octanol–water partition coefficient (Wildman–Crippen LogP) is 2.94. The average Bonchev–Trinajstić information content (AvgIpc) is 2.89. The van der Waals surface area contributed by atoms with Gasteiger partial charge in [-0.15, -0.1) is 30.6 Å². The van der Waals surface area contributed by atoms with Crippen molar-refractivity contribution in [2.24, 2.45) is 10.4 Å². The van der Waals surface area contributed by atoms with Crippen molar-refractivity contribution in [1.29, 1.82) is 0 Å². The molecule has 0 atom stereocenters. The first-order chi connectivity index (χ1) is 9.26. The molecular formula is C15H30IN3O. The van der Waals surface area contributed by atoms with Crippen molar-refractivity contribution in [2.75, 3.05) is 33.4 Å². The second-order valence-electron chi connectivity index (χ2n) is 5.31. The maximum atomic E-state index is 5.26. The summed E-state index contributed by atoms with van der Waals surface area (Å²) in [5.41, 5.74) is 0.354. The molecule has 0 heterocycles. The van der Waals surface area contributed by atoms with Crippen LogP contribution in [-0.4, -0.2) is 39.3 Å². The lowest BCUT2D eigenvalue weighted by Gasteiger charge is -2.27. The number of methoxy groups -OCH3 is 1. The molecule has 20 heavy (non-hydrogen) atoms. The third-order valence-corrected chi connectivity index (χ3v) is 3.83. The van der Waals surface area contributed by atoms with Crippen LogP contribution in [0.2, 0.25) is 0 Å². The van der Waals surface area contributed by atoms with Crippen LogP contribution in [0.25, 0.3) is 0 Å². The van der Waals surface area contributed by atoms with Gasteiger partial charge in [0.1, 0.15) is 0 Å². The maximum Gasteiger partial charge on any atom is 0.191 e. The number of guanidine groups is 1. The maximum absolute atomic E-state index is 5.26. The second-order valence-corrected chi connectivity index (χ2v) is 5.31. The quantitative estimate of drug-likeness (QED) is 0.288. The van der Waals surface area contributed by atoms with E-state index in [2.05, 4.69) is 24.1 Å². The van der Waals surface area contributed by atoms with Crippen LogP contribution in [0.5, 0.6) is 0 Å². The molecule has 5 heteroatoms. The molecule has 0 aromatic rings. The largest absolute Gasteiger partial charge is 0.385 e. The Morgan fingerprint density at radius 2 is 2.05 bits per heavy atom. The highest BCUT2D eigenvalue weighted by molar-refractivity contribution is 14.0. The third kappa shape index (κ3) is 6.92. The summed E-state index contributed by atoms with van der Waals surface area (Å²) < 4.78 is 5.26. The third-order valence-electron chi connectivity index (χ3n) is 3.83. The first-order valence-electron chi connectivity index (χ1n) is 7.38. The van der Waals surface area contributed by atoms with Gasteiger partial charge in [0.15, 0.2) is 5.96 Å². The molecule has 0 unspecified atom stereocenters. The van der Waals surface area contributed by atoms with Crippen molar-refractivity contribution >= 4 is 29.9 Å². The lowest BCUT2D eigenvalue weighted by molar-refractivity contribution is 0.141. The number of halogens is 1. The summed E-state index contributed by atoms with van der Waals surface area (Å²) in [7, 11) is 1.78. The molecule has 1 aliphatic carbocycles. The van der Waals surface area contributed by atoms with Gasteiger partial charge in [-0.05, 0) is 31.6 Å². The molecule has 118 valence electrons. The topological polar surface area (TPSA) is 45.7 Å². The van der Waals surface area contributed by atoms with Gasteiger partial charge in [0, 0.05) is 33.4 Å². The Hall–Kier alpha value is -0.300. The average molecular weight is 395 g/mol. The lowest BCUT2D eigenvalue weighted by Crippen LogP contribution is -2.38. The fraction of sp³-hybridized carbons (Fsp3) is 0.800. The van der Waals surface area contributed by atoms with Gasteiger partial charge >= 0.3 is 0 Å². The number of aliphatic imine (C=N–C) groups is 1. The van der Waals surface area contributed by atoms with E-state index in [-0.39, 0.29) is 24.0 Å². The number of hydrogen-bond donors (Lipinski definition) is 2. The standard InChI is InChI=1S/C15H29N3O.HI/c1-4-11-17-14(16-5-2)18-13-15(10-12-19-3)8-6-7-9-15;/h4H,1,5-13H2,2-3H3,(H2,16,17,18);1H. The molecule has 0 aliphatic heterocycles. The Morgan fingerprint density at radius 3 is 2.60 bits per heavy atom. The number of nitrogens with one attached hydrogen (secondary N) is 2. The van der Waals surface area contributed by atoms with E-state index < -0.39 is 0 Å². The van der Waals surface area contributed by atoms with Gasteiger partial charge in [0.25, 0.3) is 0 Å². The smallest absolute Gasteiger partial charge is 0.191 e. The van der Waals surface area contributed by atoms with Gasteiger partial charge in [-0.3, -0.25) is 4.99 Å². The Morgan fingerprint density at radius 1 is 1.35 bits per heavy atom. The predicted molar refractivity (Wildman–Crippen MR) is 97.0 cm³/mol. The van der Waals surface area contributed by atoms with E-state index in [1.54, 1.807) is 7.11 Å². The van der Waals surface area contributed by atoms with Gasteiger partial charge in [-0.25, -0.2) is 0 Å². The van der Waals surface area contributed by atoms with Crippen LogP contribution in [0.3, 0.4) is 0 Å². The van der Waals surface area contributed by atoms with E-state index in [0.717, 1.165) is 38.6 Å². The minimum atomic E-state index is 0. The molecule has 0 amide bonds. The lowest BCUT2D eigenvalue weighted by atomic mass is 9.83. The second kappa shape index (κ2) is 11.4. The molecule has 1 fully saturated rings. The Labute approximate surface area is 140 Å². The summed E-state index contributed by atoms with van der Waals surface area (Å²) in [4.78, 5) is 4.75. The molecule has 1 aliphatic rings. The summed E-state index contributed by atoms with van der Waals surface area (Å²) >= 11 is 0. The molecule has 1 rings (SSSR count). The van der Waals surface area contributed by atoms with Crippen LogP contribution in [0, 0.1) is 5.41 Å². The summed E-state index contributed by atoms with van der Waals surface area (Å²) in [6, 6.07) is 0. The zero-order valence-electron chi connectivity index (χ0n) is 12.9. The zero-order valence-corrected chi connectivity index (χ0v) is 15.2. The summed E-state index contributed by atoms with van der Waals surface area (Å²) in [6.07, 6.45) is 8.18. The summed E-state index contributed by atoms with van der Waals surface area (Å²) in [6.45, 7) is 9.17. The number of ether oxygens (including phenoxy) is 1. The minimum absolute atomic E-state index is 0. The van der Waals surface area contributed by atoms with Gasteiger partial charge in [0.05, 0.1) is 0 Å². The molecule has 0 radical (unpaired) electrons. The fourth-order valence-electron chi connectivity index (χ4n) is 2.69. The molecule has 1 saturated carbocycles. The number of hydrogen-bond acceptors (Lipinski definition) is 2. The van der Waals surface area contributed by atoms with Crippen molar-refractivity contribution in [3.05, 3.63) is 12.7 Å². The molecule has 0 bridgehead atoms. The number of rotatable bonds is 8. The molecule has 2 N–H and O–H groups in total. The van der Waals surface area contributed by atoms with E-state index in [9.17, 15) is 0 Å². The zero-order chi connectivity index (χ0) is 14.0. The molecule has 4 nitrogen and oxygen atoms in total. The van der Waals surface area contributed by atoms with Crippen molar-refractivity contribution < 1.29 is 4.74 Å². The molecule has 0 spiro atoms. The van der Waals surface area contributed by atoms with Crippen LogP contribution >= 0.6 is 24.0 Å². The molecule has 0 saturated heterocycles. The van der Waals surface area contributed by atoms with Gasteiger partial charge in [-0.2, -0.15) is 0 Å².